The number of likely N-dealkylation sites (tertiary alicyclic amines) is 1. The third-order valence-electron chi connectivity index (χ3n) is 5.21. The lowest BCUT2D eigenvalue weighted by Crippen LogP contribution is -2.28. The number of carbonyl (C=O) groups excluding carboxylic acids is 2. The van der Waals surface area contributed by atoms with Gasteiger partial charge < -0.3 is 5.32 Å². The van der Waals surface area contributed by atoms with Gasteiger partial charge in [-0.15, -0.1) is 12.4 Å². The summed E-state index contributed by atoms with van der Waals surface area (Å²) in [6.45, 7) is 3.36. The van der Waals surface area contributed by atoms with E-state index in [2.05, 4.69) is 28.3 Å². The van der Waals surface area contributed by atoms with Gasteiger partial charge in [0.25, 0.3) is 0 Å². The number of hydrogen-bond acceptors (Lipinski definition) is 5. The van der Waals surface area contributed by atoms with Crippen molar-refractivity contribution in [2.45, 2.75) is 39.2 Å². The molecule has 0 saturated carbocycles. The number of carbonyl (C=O) groups is 2. The minimum absolute atomic E-state index is 0. The number of imide groups is 1. The van der Waals surface area contributed by atoms with Gasteiger partial charge in [0.05, 0.1) is 12.1 Å². The Balaban J connectivity index is 0.00000256. The number of benzene rings is 2. The number of halogens is 1. The maximum atomic E-state index is 11.9. The molecule has 0 aliphatic carbocycles. The predicted octanol–water partition coefficient (Wildman–Crippen LogP) is 4.58. The van der Waals surface area contributed by atoms with Crippen LogP contribution in [0.1, 0.15) is 38.2 Å². The molecule has 1 aromatic heterocycles. The van der Waals surface area contributed by atoms with Gasteiger partial charge in [-0.25, -0.2) is 9.97 Å². The summed E-state index contributed by atoms with van der Waals surface area (Å²) in [5, 5.41) is 4.39. The van der Waals surface area contributed by atoms with Gasteiger partial charge in [0.15, 0.2) is 0 Å². The first kappa shape index (κ1) is 21.7. The Bertz CT molecular complexity index is 1050. The van der Waals surface area contributed by atoms with Crippen LogP contribution in [-0.4, -0.2) is 33.2 Å². The predicted molar refractivity (Wildman–Crippen MR) is 120 cm³/mol. The molecular weight excluding hydrogens is 400 g/mol. The highest BCUT2D eigenvalue weighted by atomic mass is 35.5. The Kier molecular flexibility index (Phi) is 7.00. The van der Waals surface area contributed by atoms with Gasteiger partial charge in [-0.3, -0.25) is 14.5 Å². The van der Waals surface area contributed by atoms with Gasteiger partial charge in [0, 0.05) is 24.8 Å². The first-order valence-electron chi connectivity index (χ1n) is 10.1. The van der Waals surface area contributed by atoms with Crippen molar-refractivity contribution in [3.8, 4) is 11.1 Å². The fourth-order valence-electron chi connectivity index (χ4n) is 3.59. The van der Waals surface area contributed by atoms with Gasteiger partial charge in [-0.2, -0.15) is 0 Å². The normalized spacial score (nSPS) is 13.6. The van der Waals surface area contributed by atoms with Crippen molar-refractivity contribution in [3.63, 3.8) is 0 Å². The molecule has 0 atom stereocenters. The van der Waals surface area contributed by atoms with Crippen LogP contribution < -0.4 is 5.32 Å². The van der Waals surface area contributed by atoms with E-state index in [0.29, 0.717) is 19.4 Å². The molecule has 2 amide bonds. The number of fused-ring (bicyclic) bond motifs is 1. The summed E-state index contributed by atoms with van der Waals surface area (Å²) in [4.78, 5) is 34.0. The van der Waals surface area contributed by atoms with E-state index < -0.39 is 0 Å². The van der Waals surface area contributed by atoms with E-state index in [4.69, 9.17) is 0 Å². The number of nitrogens with zero attached hydrogens (tertiary/aromatic N) is 3. The van der Waals surface area contributed by atoms with Gasteiger partial charge in [0.2, 0.25) is 11.8 Å². The van der Waals surface area contributed by atoms with E-state index in [0.717, 1.165) is 52.8 Å². The van der Waals surface area contributed by atoms with Crippen molar-refractivity contribution < 1.29 is 9.59 Å². The standard InChI is InChI=1S/C23H24N4O2.ClH/c1-2-3-11-24-23-19-13-18(7-8-20(19)25-15-26-23)17-6-4-5-16(12-17)14-27-21(28)9-10-22(27)29;/h4-8,12-13,15H,2-3,9-11,14H2,1H3,(H,24,25,26);1H. The van der Waals surface area contributed by atoms with E-state index in [1.54, 1.807) is 6.33 Å². The molecule has 0 unspecified atom stereocenters. The molecule has 1 aliphatic heterocycles. The zero-order chi connectivity index (χ0) is 20.2. The highest BCUT2D eigenvalue weighted by Gasteiger charge is 2.28. The lowest BCUT2D eigenvalue weighted by atomic mass is 10.0. The highest BCUT2D eigenvalue weighted by molar-refractivity contribution is 6.01. The average Bonchev–Trinajstić information content (AvgIpc) is 3.06. The summed E-state index contributed by atoms with van der Waals surface area (Å²) < 4.78 is 0. The second kappa shape index (κ2) is 9.67. The zero-order valence-corrected chi connectivity index (χ0v) is 17.7. The minimum atomic E-state index is -0.0916. The molecule has 156 valence electrons. The second-order valence-corrected chi connectivity index (χ2v) is 7.31. The van der Waals surface area contributed by atoms with E-state index >= 15 is 0 Å². The monoisotopic (exact) mass is 424 g/mol. The average molecular weight is 425 g/mol. The molecule has 6 nitrogen and oxygen atoms in total. The molecule has 3 aromatic rings. The Labute approximate surface area is 182 Å². The van der Waals surface area contributed by atoms with Crippen LogP contribution in [0.5, 0.6) is 0 Å². The van der Waals surface area contributed by atoms with Crippen molar-refractivity contribution in [1.29, 1.82) is 0 Å². The summed E-state index contributed by atoms with van der Waals surface area (Å²) in [7, 11) is 0. The summed E-state index contributed by atoms with van der Waals surface area (Å²) in [6, 6.07) is 14.1. The Morgan fingerprint density at radius 1 is 1.00 bits per heavy atom. The van der Waals surface area contributed by atoms with Gasteiger partial charge >= 0.3 is 0 Å². The van der Waals surface area contributed by atoms with Crippen molar-refractivity contribution >= 4 is 40.9 Å². The molecule has 2 aromatic carbocycles. The van der Waals surface area contributed by atoms with Crippen LogP contribution in [0.3, 0.4) is 0 Å². The molecule has 0 radical (unpaired) electrons. The van der Waals surface area contributed by atoms with Crippen molar-refractivity contribution in [2.75, 3.05) is 11.9 Å². The molecule has 1 saturated heterocycles. The smallest absolute Gasteiger partial charge is 0.229 e. The topological polar surface area (TPSA) is 75.2 Å². The van der Waals surface area contributed by atoms with Crippen molar-refractivity contribution in [3.05, 3.63) is 54.4 Å². The van der Waals surface area contributed by atoms with Crippen LogP contribution in [0, 0.1) is 0 Å². The number of hydrogen-bond donors (Lipinski definition) is 1. The first-order chi connectivity index (χ1) is 14.2. The van der Waals surface area contributed by atoms with Gasteiger partial charge in [-0.1, -0.05) is 37.6 Å². The first-order valence-corrected chi connectivity index (χ1v) is 10.1. The summed E-state index contributed by atoms with van der Waals surface area (Å²) >= 11 is 0. The third kappa shape index (κ3) is 4.60. The van der Waals surface area contributed by atoms with E-state index in [-0.39, 0.29) is 24.2 Å². The summed E-state index contributed by atoms with van der Waals surface area (Å²) in [5.74, 6) is 0.659. The maximum absolute atomic E-state index is 11.9. The van der Waals surface area contributed by atoms with Crippen LogP contribution in [0.25, 0.3) is 22.0 Å². The molecule has 2 heterocycles. The second-order valence-electron chi connectivity index (χ2n) is 7.31. The molecule has 1 N–H and O–H groups in total. The number of aromatic nitrogens is 2. The number of unbranched alkanes of at least 4 members (excludes halogenated alkanes) is 1. The highest BCUT2D eigenvalue weighted by Crippen LogP contribution is 2.28. The Hall–Kier alpha value is -2.99. The molecule has 0 spiro atoms. The molecule has 1 fully saturated rings. The van der Waals surface area contributed by atoms with Crippen molar-refractivity contribution in [1.82, 2.24) is 14.9 Å². The van der Waals surface area contributed by atoms with Crippen LogP contribution in [0.4, 0.5) is 5.82 Å². The lowest BCUT2D eigenvalue weighted by Gasteiger charge is -2.15. The SMILES string of the molecule is CCCCNc1ncnc2ccc(-c3cccc(CN4C(=O)CCC4=O)c3)cc12.Cl. The van der Waals surface area contributed by atoms with E-state index in [9.17, 15) is 9.59 Å². The number of nitrogens with one attached hydrogen (secondary N) is 1. The van der Waals surface area contributed by atoms with Crippen LogP contribution in [0.2, 0.25) is 0 Å². The van der Waals surface area contributed by atoms with Gasteiger partial charge in [-0.05, 0) is 41.3 Å². The Morgan fingerprint density at radius 3 is 2.53 bits per heavy atom. The van der Waals surface area contributed by atoms with Crippen LogP contribution in [-0.2, 0) is 16.1 Å². The quantitative estimate of drug-likeness (QED) is 0.443. The zero-order valence-electron chi connectivity index (χ0n) is 16.9. The fraction of sp³-hybridized carbons (Fsp3) is 0.304. The Morgan fingerprint density at radius 2 is 1.77 bits per heavy atom. The fourth-order valence-corrected chi connectivity index (χ4v) is 3.59. The number of amides is 2. The molecule has 4 rings (SSSR count). The lowest BCUT2D eigenvalue weighted by molar-refractivity contribution is -0.139. The molecular formula is C23H25ClN4O2. The van der Waals surface area contributed by atoms with E-state index in [1.165, 1.54) is 4.90 Å². The van der Waals surface area contributed by atoms with Crippen LogP contribution >= 0.6 is 12.4 Å². The maximum Gasteiger partial charge on any atom is 0.229 e. The largest absolute Gasteiger partial charge is 0.369 e. The molecule has 30 heavy (non-hydrogen) atoms. The molecule has 7 heteroatoms. The van der Waals surface area contributed by atoms with Gasteiger partial charge in [0.1, 0.15) is 12.1 Å². The summed E-state index contributed by atoms with van der Waals surface area (Å²) in [5.41, 5.74) is 3.92. The minimum Gasteiger partial charge on any atom is -0.369 e. The number of anilines is 1. The summed E-state index contributed by atoms with van der Waals surface area (Å²) in [6.07, 6.45) is 4.42. The van der Waals surface area contributed by atoms with Crippen LogP contribution in [0.15, 0.2) is 48.8 Å². The molecule has 1 aliphatic rings. The molecule has 0 bridgehead atoms. The van der Waals surface area contributed by atoms with E-state index in [1.807, 2.05) is 36.4 Å². The van der Waals surface area contributed by atoms with Crippen molar-refractivity contribution in [2.24, 2.45) is 0 Å². The number of rotatable bonds is 7. The third-order valence-corrected chi connectivity index (χ3v) is 5.21.